The van der Waals surface area contributed by atoms with E-state index in [1.165, 1.54) is 31.2 Å². The molecule has 0 aliphatic heterocycles. The molecule has 0 fully saturated rings. The fourth-order valence-electron chi connectivity index (χ4n) is 2.30. The van der Waals surface area contributed by atoms with Gasteiger partial charge in [-0.25, -0.2) is 0 Å². The third-order valence-corrected chi connectivity index (χ3v) is 3.44. The summed E-state index contributed by atoms with van der Waals surface area (Å²) in [6.45, 7) is 6.49. The smallest absolute Gasteiger partial charge is 0.118 e. The van der Waals surface area contributed by atoms with Crippen molar-refractivity contribution in [1.82, 2.24) is 0 Å². The highest BCUT2D eigenvalue weighted by atomic mass is 16.3. The maximum atomic E-state index is 9.72. The Bertz CT molecular complexity index is 317. The Hall–Kier alpha value is -0.980. The van der Waals surface area contributed by atoms with Gasteiger partial charge in [0.1, 0.15) is 5.75 Å². The molecule has 0 spiro atoms. The van der Waals surface area contributed by atoms with Crippen LogP contribution in [-0.4, -0.2) is 5.11 Å². The van der Waals surface area contributed by atoms with Crippen LogP contribution in [0.25, 0.3) is 0 Å². The second kappa shape index (κ2) is 6.57. The monoisotopic (exact) mass is 220 g/mol. The minimum absolute atomic E-state index is 0.437. The Balaban J connectivity index is 2.74. The van der Waals surface area contributed by atoms with Crippen LogP contribution in [0.3, 0.4) is 0 Å². The molecule has 0 aliphatic carbocycles. The lowest BCUT2D eigenvalue weighted by Crippen LogP contribution is -2.00. The van der Waals surface area contributed by atoms with Crippen LogP contribution < -0.4 is 0 Å². The highest BCUT2D eigenvalue weighted by molar-refractivity contribution is 5.39. The van der Waals surface area contributed by atoms with E-state index in [4.69, 9.17) is 0 Å². The summed E-state index contributed by atoms with van der Waals surface area (Å²) in [5.74, 6) is 1.05. The average molecular weight is 220 g/mol. The minimum Gasteiger partial charge on any atom is -0.508 e. The molecule has 1 aromatic rings. The van der Waals surface area contributed by atoms with Gasteiger partial charge in [-0.2, -0.15) is 0 Å². The topological polar surface area (TPSA) is 20.2 Å². The quantitative estimate of drug-likeness (QED) is 0.684. The van der Waals surface area contributed by atoms with Gasteiger partial charge in [0.05, 0.1) is 0 Å². The fraction of sp³-hybridized carbons (Fsp3) is 0.600. The number of rotatable bonds is 6. The summed E-state index contributed by atoms with van der Waals surface area (Å²) in [6.07, 6.45) is 6.29. The van der Waals surface area contributed by atoms with Crippen molar-refractivity contribution in [2.24, 2.45) is 0 Å². The molecule has 1 heteroatoms. The lowest BCUT2D eigenvalue weighted by molar-refractivity contribution is 0.466. The molecular weight excluding hydrogens is 196 g/mol. The number of unbranched alkanes of at least 4 members (excludes halogenated alkanes) is 2. The summed E-state index contributed by atoms with van der Waals surface area (Å²) in [5, 5.41) is 9.72. The van der Waals surface area contributed by atoms with Gasteiger partial charge < -0.3 is 5.11 Å². The van der Waals surface area contributed by atoms with Crippen LogP contribution in [-0.2, 0) is 0 Å². The molecule has 1 aromatic carbocycles. The Kier molecular flexibility index (Phi) is 5.37. The van der Waals surface area contributed by atoms with Crippen LogP contribution in [0.5, 0.6) is 5.75 Å². The van der Waals surface area contributed by atoms with E-state index in [0.717, 1.165) is 12.0 Å². The second-order valence-electron chi connectivity index (χ2n) is 4.59. The van der Waals surface area contributed by atoms with Crippen molar-refractivity contribution in [2.45, 2.75) is 58.8 Å². The zero-order chi connectivity index (χ0) is 12.0. The van der Waals surface area contributed by atoms with E-state index in [1.54, 1.807) is 6.07 Å². The summed E-state index contributed by atoms with van der Waals surface area (Å²) < 4.78 is 0. The van der Waals surface area contributed by atoms with Crippen molar-refractivity contribution in [1.29, 1.82) is 0 Å². The van der Waals surface area contributed by atoms with Crippen molar-refractivity contribution >= 4 is 0 Å². The fourth-order valence-corrected chi connectivity index (χ4v) is 2.30. The minimum atomic E-state index is 0.437. The number of aromatic hydroxyl groups is 1. The average Bonchev–Trinajstić information content (AvgIpc) is 2.29. The molecule has 0 aliphatic rings. The maximum Gasteiger partial charge on any atom is 0.118 e. The normalized spacial score (nSPS) is 12.7. The van der Waals surface area contributed by atoms with Crippen LogP contribution in [0, 0.1) is 6.92 Å². The van der Waals surface area contributed by atoms with Crippen LogP contribution in [0.2, 0.25) is 0 Å². The summed E-state index contributed by atoms with van der Waals surface area (Å²) in [6, 6.07) is 5.90. The Morgan fingerprint density at radius 3 is 2.56 bits per heavy atom. The molecule has 90 valence electrons. The molecule has 1 atom stereocenters. The third-order valence-electron chi connectivity index (χ3n) is 3.44. The van der Waals surface area contributed by atoms with E-state index in [2.05, 4.69) is 19.9 Å². The van der Waals surface area contributed by atoms with E-state index in [0.29, 0.717) is 11.7 Å². The summed E-state index contributed by atoms with van der Waals surface area (Å²) >= 11 is 0. The zero-order valence-corrected chi connectivity index (χ0v) is 10.8. The molecule has 1 N–H and O–H groups in total. The Morgan fingerprint density at radius 2 is 1.94 bits per heavy atom. The Morgan fingerprint density at radius 1 is 1.19 bits per heavy atom. The van der Waals surface area contributed by atoms with Gasteiger partial charge in [0, 0.05) is 0 Å². The lowest BCUT2D eigenvalue weighted by atomic mass is 9.88. The van der Waals surface area contributed by atoms with E-state index < -0.39 is 0 Å². The van der Waals surface area contributed by atoms with Crippen molar-refractivity contribution in [3.63, 3.8) is 0 Å². The number of benzene rings is 1. The molecule has 0 saturated carbocycles. The molecule has 0 heterocycles. The number of hydrogen-bond acceptors (Lipinski definition) is 1. The predicted molar refractivity (Wildman–Crippen MR) is 70.0 cm³/mol. The lowest BCUT2D eigenvalue weighted by Gasteiger charge is -2.18. The van der Waals surface area contributed by atoms with Gasteiger partial charge in [0.25, 0.3) is 0 Å². The van der Waals surface area contributed by atoms with Gasteiger partial charge in [-0.15, -0.1) is 0 Å². The molecule has 0 radical (unpaired) electrons. The molecule has 1 rings (SSSR count). The SMILES string of the molecule is CCCCCC(CC)c1cccc(O)c1C. The second-order valence-corrected chi connectivity index (χ2v) is 4.59. The largest absolute Gasteiger partial charge is 0.508 e. The van der Waals surface area contributed by atoms with Gasteiger partial charge in [0.15, 0.2) is 0 Å². The predicted octanol–water partition coefficient (Wildman–Crippen LogP) is 4.77. The zero-order valence-electron chi connectivity index (χ0n) is 10.8. The summed E-state index contributed by atoms with van der Waals surface area (Å²) in [5.41, 5.74) is 2.39. The first kappa shape index (κ1) is 13.1. The van der Waals surface area contributed by atoms with Crippen molar-refractivity contribution in [2.75, 3.05) is 0 Å². The van der Waals surface area contributed by atoms with Crippen LogP contribution in [0.4, 0.5) is 0 Å². The van der Waals surface area contributed by atoms with E-state index >= 15 is 0 Å². The summed E-state index contributed by atoms with van der Waals surface area (Å²) in [4.78, 5) is 0. The standard InChI is InChI=1S/C15H24O/c1-4-6-7-9-13(5-2)14-10-8-11-15(16)12(14)3/h8,10-11,13,16H,4-7,9H2,1-3H3. The van der Waals surface area contributed by atoms with Crippen LogP contribution >= 0.6 is 0 Å². The molecule has 0 bridgehead atoms. The van der Waals surface area contributed by atoms with Crippen LogP contribution in [0.1, 0.15) is 63.0 Å². The molecule has 0 amide bonds. The van der Waals surface area contributed by atoms with Gasteiger partial charge in [-0.1, -0.05) is 45.2 Å². The van der Waals surface area contributed by atoms with E-state index in [-0.39, 0.29) is 0 Å². The van der Waals surface area contributed by atoms with Crippen molar-refractivity contribution < 1.29 is 5.11 Å². The van der Waals surface area contributed by atoms with Gasteiger partial charge in [-0.05, 0) is 42.9 Å². The summed E-state index contributed by atoms with van der Waals surface area (Å²) in [7, 11) is 0. The highest BCUT2D eigenvalue weighted by Crippen LogP contribution is 2.31. The molecule has 16 heavy (non-hydrogen) atoms. The first-order valence-corrected chi connectivity index (χ1v) is 6.49. The van der Waals surface area contributed by atoms with Crippen LogP contribution in [0.15, 0.2) is 18.2 Å². The van der Waals surface area contributed by atoms with Gasteiger partial charge in [-0.3, -0.25) is 0 Å². The van der Waals surface area contributed by atoms with Gasteiger partial charge >= 0.3 is 0 Å². The molecule has 1 unspecified atom stereocenters. The first-order chi connectivity index (χ1) is 7.70. The molecule has 0 saturated heterocycles. The molecular formula is C15H24O. The number of phenolic OH excluding ortho intramolecular Hbond substituents is 1. The first-order valence-electron chi connectivity index (χ1n) is 6.49. The number of hydrogen-bond donors (Lipinski definition) is 1. The van der Waals surface area contributed by atoms with Crippen molar-refractivity contribution in [3.05, 3.63) is 29.3 Å². The molecule has 1 nitrogen and oxygen atoms in total. The molecule has 0 aromatic heterocycles. The highest BCUT2D eigenvalue weighted by Gasteiger charge is 2.12. The van der Waals surface area contributed by atoms with E-state index in [9.17, 15) is 5.11 Å². The van der Waals surface area contributed by atoms with Gasteiger partial charge in [0.2, 0.25) is 0 Å². The van der Waals surface area contributed by atoms with E-state index in [1.807, 2.05) is 13.0 Å². The third kappa shape index (κ3) is 3.26. The van der Waals surface area contributed by atoms with Crippen molar-refractivity contribution in [3.8, 4) is 5.75 Å². The Labute approximate surface area is 99.5 Å². The number of phenols is 1. The maximum absolute atomic E-state index is 9.72.